The molecular formula is C22H24BN3O3. The summed E-state index contributed by atoms with van der Waals surface area (Å²) in [7, 11) is 1.14. The normalized spacial score (nSPS) is 17.5. The number of hydrogen-bond acceptors (Lipinski definition) is 5. The summed E-state index contributed by atoms with van der Waals surface area (Å²) in [6, 6.07) is 11.6. The first-order valence-electron chi connectivity index (χ1n) is 9.65. The zero-order valence-corrected chi connectivity index (χ0v) is 17.3. The molecule has 1 N–H and O–H groups in total. The summed E-state index contributed by atoms with van der Waals surface area (Å²) in [5, 5.41) is 4.60. The van der Waals surface area contributed by atoms with Crippen LogP contribution < -0.4 is 10.8 Å². The molecule has 7 heteroatoms. The molecule has 1 aliphatic rings. The van der Waals surface area contributed by atoms with E-state index in [2.05, 4.69) is 15.3 Å². The Morgan fingerprint density at radius 2 is 1.72 bits per heavy atom. The average Bonchev–Trinajstić information content (AvgIpc) is 2.93. The van der Waals surface area contributed by atoms with Gasteiger partial charge >= 0.3 is 7.12 Å². The van der Waals surface area contributed by atoms with Crippen molar-refractivity contribution in [1.82, 2.24) is 15.3 Å². The van der Waals surface area contributed by atoms with Crippen molar-refractivity contribution in [2.24, 2.45) is 0 Å². The first kappa shape index (κ1) is 19.5. The Hall–Kier alpha value is -2.77. The van der Waals surface area contributed by atoms with Crippen LogP contribution in [-0.4, -0.2) is 41.2 Å². The van der Waals surface area contributed by atoms with Crippen molar-refractivity contribution in [2.45, 2.75) is 38.9 Å². The van der Waals surface area contributed by atoms with E-state index in [0.717, 1.165) is 27.5 Å². The standard InChI is InChI=1S/C22H24BN3O3/c1-21(2)22(3,4)29-23(28-21)17-8-6-7-14-11-19(26-13-16(14)17)15-9-10-18(25-12-15)20(27)24-5/h6-13H,1-5H3,(H,24,27). The third-order valence-corrected chi connectivity index (χ3v) is 5.82. The molecule has 29 heavy (non-hydrogen) atoms. The Kier molecular flexibility index (Phi) is 4.67. The molecule has 0 radical (unpaired) electrons. The molecule has 1 amide bonds. The van der Waals surface area contributed by atoms with Gasteiger partial charge < -0.3 is 14.6 Å². The molecule has 0 aliphatic carbocycles. The number of pyridine rings is 2. The molecule has 3 heterocycles. The number of hydrogen-bond donors (Lipinski definition) is 1. The minimum atomic E-state index is -0.440. The summed E-state index contributed by atoms with van der Waals surface area (Å²) in [5.74, 6) is -0.213. The highest BCUT2D eigenvalue weighted by molar-refractivity contribution is 6.65. The Labute approximate surface area is 170 Å². The van der Waals surface area contributed by atoms with E-state index in [1.54, 1.807) is 19.3 Å². The highest BCUT2D eigenvalue weighted by Gasteiger charge is 2.52. The summed E-state index contributed by atoms with van der Waals surface area (Å²) in [6.07, 6.45) is 3.51. The van der Waals surface area contributed by atoms with Gasteiger partial charge in [-0.1, -0.05) is 18.2 Å². The topological polar surface area (TPSA) is 73.3 Å². The Morgan fingerprint density at radius 3 is 2.34 bits per heavy atom. The van der Waals surface area contributed by atoms with E-state index >= 15 is 0 Å². The molecule has 148 valence electrons. The molecule has 4 rings (SSSR count). The van der Waals surface area contributed by atoms with Crippen molar-refractivity contribution >= 4 is 29.3 Å². The van der Waals surface area contributed by atoms with Gasteiger partial charge in [0.2, 0.25) is 0 Å². The van der Waals surface area contributed by atoms with Gasteiger partial charge in [0.05, 0.1) is 16.9 Å². The number of nitrogens with zero attached hydrogens (tertiary/aromatic N) is 2. The molecule has 0 bridgehead atoms. The van der Waals surface area contributed by atoms with Gasteiger partial charge in [0.25, 0.3) is 5.91 Å². The lowest BCUT2D eigenvalue weighted by Gasteiger charge is -2.32. The van der Waals surface area contributed by atoms with Gasteiger partial charge in [-0.2, -0.15) is 0 Å². The predicted octanol–water partition coefficient (Wildman–Crippen LogP) is 2.96. The van der Waals surface area contributed by atoms with E-state index in [9.17, 15) is 4.79 Å². The zero-order chi connectivity index (χ0) is 20.8. The molecule has 1 aromatic carbocycles. The van der Waals surface area contributed by atoms with Gasteiger partial charge in [0.15, 0.2) is 0 Å². The van der Waals surface area contributed by atoms with Crippen molar-refractivity contribution in [2.75, 3.05) is 7.05 Å². The third-order valence-electron chi connectivity index (χ3n) is 5.82. The molecule has 1 saturated heterocycles. The minimum Gasteiger partial charge on any atom is -0.399 e. The fourth-order valence-electron chi connectivity index (χ4n) is 3.34. The maximum atomic E-state index is 11.7. The average molecular weight is 389 g/mol. The van der Waals surface area contributed by atoms with Crippen molar-refractivity contribution < 1.29 is 14.1 Å². The lowest BCUT2D eigenvalue weighted by atomic mass is 9.76. The first-order valence-corrected chi connectivity index (χ1v) is 9.65. The quantitative estimate of drug-likeness (QED) is 0.698. The predicted molar refractivity (Wildman–Crippen MR) is 114 cm³/mol. The Morgan fingerprint density at radius 1 is 1.00 bits per heavy atom. The fraction of sp³-hybridized carbons (Fsp3) is 0.318. The second-order valence-electron chi connectivity index (χ2n) is 8.24. The van der Waals surface area contributed by atoms with Crippen LogP contribution in [0.3, 0.4) is 0 Å². The van der Waals surface area contributed by atoms with Gasteiger partial charge in [-0.3, -0.25) is 14.8 Å². The second kappa shape index (κ2) is 6.93. The van der Waals surface area contributed by atoms with Crippen LogP contribution in [0.5, 0.6) is 0 Å². The summed E-state index contributed by atoms with van der Waals surface area (Å²) < 4.78 is 12.4. The monoisotopic (exact) mass is 389 g/mol. The van der Waals surface area contributed by atoms with Crippen LogP contribution in [0.15, 0.2) is 48.8 Å². The van der Waals surface area contributed by atoms with Crippen LogP contribution in [0.2, 0.25) is 0 Å². The Bertz CT molecular complexity index is 1060. The van der Waals surface area contributed by atoms with Crippen LogP contribution in [0.25, 0.3) is 22.0 Å². The van der Waals surface area contributed by atoms with Crippen molar-refractivity contribution in [1.29, 1.82) is 0 Å². The molecule has 1 fully saturated rings. The largest absolute Gasteiger partial charge is 0.495 e. The molecular weight excluding hydrogens is 365 g/mol. The fourth-order valence-corrected chi connectivity index (χ4v) is 3.34. The van der Waals surface area contributed by atoms with Crippen LogP contribution >= 0.6 is 0 Å². The number of aromatic nitrogens is 2. The van der Waals surface area contributed by atoms with Crippen molar-refractivity contribution in [3.63, 3.8) is 0 Å². The van der Waals surface area contributed by atoms with Crippen molar-refractivity contribution in [3.05, 3.63) is 54.5 Å². The third kappa shape index (κ3) is 3.41. The number of carbonyl (C=O) groups is 1. The summed E-state index contributed by atoms with van der Waals surface area (Å²) in [4.78, 5) is 20.5. The molecule has 0 spiro atoms. The molecule has 0 unspecified atom stereocenters. The SMILES string of the molecule is CNC(=O)c1ccc(-c2cc3cccc(B4OC(C)(C)C(C)(C)O4)c3cn2)cn1. The second-order valence-corrected chi connectivity index (χ2v) is 8.24. The molecule has 0 saturated carbocycles. The van der Waals surface area contributed by atoms with Gasteiger partial charge in [-0.15, -0.1) is 0 Å². The van der Waals surface area contributed by atoms with Gasteiger partial charge in [0.1, 0.15) is 5.69 Å². The van der Waals surface area contributed by atoms with Crippen LogP contribution in [0.1, 0.15) is 38.2 Å². The van der Waals surface area contributed by atoms with E-state index in [0.29, 0.717) is 5.69 Å². The lowest BCUT2D eigenvalue weighted by molar-refractivity contribution is 0.00578. The molecule has 2 aromatic heterocycles. The van der Waals surface area contributed by atoms with Gasteiger partial charge in [0, 0.05) is 25.0 Å². The molecule has 0 atom stereocenters. The molecule has 1 aliphatic heterocycles. The first-order chi connectivity index (χ1) is 13.7. The van der Waals surface area contributed by atoms with E-state index < -0.39 is 18.3 Å². The number of nitrogens with one attached hydrogen (secondary N) is 1. The molecule has 3 aromatic rings. The van der Waals surface area contributed by atoms with Gasteiger partial charge in [-0.05, 0) is 62.1 Å². The van der Waals surface area contributed by atoms with Crippen LogP contribution in [-0.2, 0) is 9.31 Å². The van der Waals surface area contributed by atoms with Gasteiger partial charge in [-0.25, -0.2) is 0 Å². The highest BCUT2D eigenvalue weighted by Crippen LogP contribution is 2.37. The van der Waals surface area contributed by atoms with Crippen molar-refractivity contribution in [3.8, 4) is 11.3 Å². The molecule has 6 nitrogen and oxygen atoms in total. The maximum Gasteiger partial charge on any atom is 0.495 e. The number of rotatable bonds is 3. The van der Waals surface area contributed by atoms with E-state index in [1.807, 2.05) is 64.2 Å². The van der Waals surface area contributed by atoms with Crippen LogP contribution in [0, 0.1) is 0 Å². The summed E-state index contributed by atoms with van der Waals surface area (Å²) in [5.41, 5.74) is 2.19. The highest BCUT2D eigenvalue weighted by atomic mass is 16.7. The van der Waals surface area contributed by atoms with E-state index in [1.165, 1.54) is 0 Å². The van der Waals surface area contributed by atoms with E-state index in [-0.39, 0.29) is 5.91 Å². The Balaban J connectivity index is 1.69. The van der Waals surface area contributed by atoms with Crippen LogP contribution in [0.4, 0.5) is 0 Å². The smallest absolute Gasteiger partial charge is 0.399 e. The maximum absolute atomic E-state index is 11.7. The van der Waals surface area contributed by atoms with E-state index in [4.69, 9.17) is 9.31 Å². The summed E-state index contributed by atoms with van der Waals surface area (Å²) in [6.45, 7) is 8.18. The lowest BCUT2D eigenvalue weighted by Crippen LogP contribution is -2.41. The number of carbonyl (C=O) groups excluding carboxylic acids is 1. The number of fused-ring (bicyclic) bond motifs is 1. The minimum absolute atomic E-state index is 0.213. The summed E-state index contributed by atoms with van der Waals surface area (Å²) >= 11 is 0. The number of amides is 1. The number of benzene rings is 1. The zero-order valence-electron chi connectivity index (χ0n) is 17.3.